The van der Waals surface area contributed by atoms with Crippen LogP contribution in [0.4, 0.5) is 0 Å². The van der Waals surface area contributed by atoms with Crippen molar-refractivity contribution in [1.29, 1.82) is 0 Å². The Kier molecular flexibility index (Phi) is 3.19. The van der Waals surface area contributed by atoms with Gasteiger partial charge in [-0.05, 0) is 26.0 Å². The number of aliphatic hydroxyl groups is 1. The van der Waals surface area contributed by atoms with E-state index in [0.717, 1.165) is 0 Å². The standard InChI is InChI=1S/C11H13ClO2/c1-11(2,14)10(12)7-8-5-3-4-6-9(8)13/h3-7,13-14H,1-2H3/b10-7+. The summed E-state index contributed by atoms with van der Waals surface area (Å²) in [5, 5.41) is 19.3. The van der Waals surface area contributed by atoms with Gasteiger partial charge in [0.25, 0.3) is 0 Å². The Morgan fingerprint density at radius 2 is 1.93 bits per heavy atom. The summed E-state index contributed by atoms with van der Waals surface area (Å²) in [5.41, 5.74) is -0.483. The molecule has 3 heteroatoms. The molecule has 0 aliphatic rings. The second kappa shape index (κ2) is 4.03. The van der Waals surface area contributed by atoms with Gasteiger partial charge < -0.3 is 10.2 Å². The molecule has 0 radical (unpaired) electrons. The van der Waals surface area contributed by atoms with Gasteiger partial charge in [-0.2, -0.15) is 0 Å². The molecule has 0 atom stereocenters. The van der Waals surface area contributed by atoms with Crippen molar-refractivity contribution in [1.82, 2.24) is 0 Å². The van der Waals surface area contributed by atoms with Crippen LogP contribution in [0.1, 0.15) is 19.4 Å². The fourth-order valence-corrected chi connectivity index (χ4v) is 1.04. The van der Waals surface area contributed by atoms with Crippen LogP contribution in [0.2, 0.25) is 0 Å². The van der Waals surface area contributed by atoms with E-state index in [1.807, 2.05) is 0 Å². The lowest BCUT2D eigenvalue weighted by Gasteiger charge is -2.16. The van der Waals surface area contributed by atoms with Crippen LogP contribution in [0.5, 0.6) is 5.75 Å². The molecular formula is C11H13ClO2. The number of rotatable bonds is 2. The molecule has 0 bridgehead atoms. The van der Waals surface area contributed by atoms with E-state index in [2.05, 4.69) is 0 Å². The summed E-state index contributed by atoms with van der Waals surface area (Å²) in [6.45, 7) is 3.18. The van der Waals surface area contributed by atoms with Gasteiger partial charge in [0, 0.05) is 10.6 Å². The SMILES string of the molecule is CC(C)(O)/C(Cl)=C\c1ccccc1O. The Labute approximate surface area is 88.5 Å². The third-order valence-electron chi connectivity index (χ3n) is 1.80. The lowest BCUT2D eigenvalue weighted by molar-refractivity contribution is 0.129. The van der Waals surface area contributed by atoms with Gasteiger partial charge in [-0.3, -0.25) is 0 Å². The van der Waals surface area contributed by atoms with E-state index in [1.165, 1.54) is 0 Å². The van der Waals surface area contributed by atoms with Crippen LogP contribution in [-0.2, 0) is 0 Å². The molecule has 14 heavy (non-hydrogen) atoms. The summed E-state index contributed by atoms with van der Waals surface area (Å²) >= 11 is 5.86. The van der Waals surface area contributed by atoms with Crippen LogP contribution in [-0.4, -0.2) is 15.8 Å². The zero-order valence-electron chi connectivity index (χ0n) is 8.16. The Balaban J connectivity index is 3.04. The first-order valence-electron chi connectivity index (χ1n) is 4.29. The Hall–Kier alpha value is -0.990. The minimum Gasteiger partial charge on any atom is -0.507 e. The van der Waals surface area contributed by atoms with Crippen molar-refractivity contribution in [3.05, 3.63) is 34.9 Å². The first-order valence-corrected chi connectivity index (χ1v) is 4.67. The Morgan fingerprint density at radius 1 is 1.36 bits per heavy atom. The highest BCUT2D eigenvalue weighted by atomic mass is 35.5. The minimum atomic E-state index is -1.08. The van der Waals surface area contributed by atoms with Gasteiger partial charge in [-0.25, -0.2) is 0 Å². The lowest BCUT2D eigenvalue weighted by atomic mass is 10.1. The molecule has 1 rings (SSSR count). The molecule has 1 aromatic carbocycles. The van der Waals surface area contributed by atoms with E-state index < -0.39 is 5.60 Å². The molecule has 76 valence electrons. The molecule has 0 aromatic heterocycles. The molecule has 0 amide bonds. The average Bonchev–Trinajstić information content (AvgIpc) is 2.07. The fraction of sp³-hybridized carbons (Fsp3) is 0.273. The largest absolute Gasteiger partial charge is 0.507 e. The molecule has 0 unspecified atom stereocenters. The van der Waals surface area contributed by atoms with Crippen molar-refractivity contribution in [3.63, 3.8) is 0 Å². The highest BCUT2D eigenvalue weighted by molar-refractivity contribution is 6.32. The molecule has 0 heterocycles. The Morgan fingerprint density at radius 3 is 2.43 bits per heavy atom. The van der Waals surface area contributed by atoms with Crippen molar-refractivity contribution in [2.75, 3.05) is 0 Å². The van der Waals surface area contributed by atoms with E-state index in [1.54, 1.807) is 44.2 Å². The quantitative estimate of drug-likeness (QED) is 0.792. The monoisotopic (exact) mass is 212 g/mol. The maximum Gasteiger partial charge on any atom is 0.122 e. The van der Waals surface area contributed by atoms with Gasteiger partial charge in [-0.15, -0.1) is 0 Å². The second-order valence-corrected chi connectivity index (χ2v) is 4.02. The maximum absolute atomic E-state index is 9.56. The highest BCUT2D eigenvalue weighted by Gasteiger charge is 2.17. The molecule has 0 saturated carbocycles. The van der Waals surface area contributed by atoms with Crippen molar-refractivity contribution < 1.29 is 10.2 Å². The summed E-state index contributed by atoms with van der Waals surface area (Å²) in [5.74, 6) is 0.148. The molecule has 0 aliphatic carbocycles. The predicted octanol–water partition coefficient (Wildman–Crippen LogP) is 2.74. The van der Waals surface area contributed by atoms with E-state index in [9.17, 15) is 10.2 Å². The molecular weight excluding hydrogens is 200 g/mol. The van der Waals surface area contributed by atoms with Crippen molar-refractivity contribution >= 4 is 17.7 Å². The molecule has 0 fully saturated rings. The van der Waals surface area contributed by atoms with Gasteiger partial charge >= 0.3 is 0 Å². The number of phenolic OH excluding ortho intramolecular Hbond substituents is 1. The van der Waals surface area contributed by atoms with Gasteiger partial charge in [0.05, 0.1) is 5.60 Å². The first-order chi connectivity index (χ1) is 6.41. The van der Waals surface area contributed by atoms with Crippen LogP contribution in [0.25, 0.3) is 6.08 Å². The summed E-state index contributed by atoms with van der Waals surface area (Å²) in [6.07, 6.45) is 1.55. The number of aromatic hydroxyl groups is 1. The molecule has 0 saturated heterocycles. The van der Waals surface area contributed by atoms with Gasteiger partial charge in [0.2, 0.25) is 0 Å². The third kappa shape index (κ3) is 2.76. The molecule has 2 N–H and O–H groups in total. The topological polar surface area (TPSA) is 40.5 Å². The number of benzene rings is 1. The van der Waals surface area contributed by atoms with Crippen LogP contribution in [0, 0.1) is 0 Å². The average molecular weight is 213 g/mol. The zero-order chi connectivity index (χ0) is 10.8. The highest BCUT2D eigenvalue weighted by Crippen LogP contribution is 2.26. The normalized spacial score (nSPS) is 13.0. The summed E-state index contributed by atoms with van der Waals surface area (Å²) < 4.78 is 0. The number of phenols is 1. The van der Waals surface area contributed by atoms with Gasteiger partial charge in [0.1, 0.15) is 5.75 Å². The zero-order valence-corrected chi connectivity index (χ0v) is 8.92. The number of halogens is 1. The van der Waals surface area contributed by atoms with Gasteiger partial charge in [-0.1, -0.05) is 29.8 Å². The van der Waals surface area contributed by atoms with Crippen molar-refractivity contribution in [2.24, 2.45) is 0 Å². The van der Waals surface area contributed by atoms with Crippen molar-refractivity contribution in [3.8, 4) is 5.75 Å². The molecule has 2 nitrogen and oxygen atoms in total. The Bertz CT molecular complexity index is 351. The number of para-hydroxylation sites is 1. The maximum atomic E-state index is 9.56. The lowest BCUT2D eigenvalue weighted by Crippen LogP contribution is -2.18. The van der Waals surface area contributed by atoms with Crippen LogP contribution in [0.15, 0.2) is 29.3 Å². The van der Waals surface area contributed by atoms with Crippen LogP contribution >= 0.6 is 11.6 Å². The van der Waals surface area contributed by atoms with Crippen molar-refractivity contribution in [2.45, 2.75) is 19.4 Å². The van der Waals surface area contributed by atoms with E-state index in [-0.39, 0.29) is 5.75 Å². The van der Waals surface area contributed by atoms with Gasteiger partial charge in [0.15, 0.2) is 0 Å². The third-order valence-corrected chi connectivity index (χ3v) is 2.38. The molecule has 0 aliphatic heterocycles. The van der Waals surface area contributed by atoms with Crippen LogP contribution < -0.4 is 0 Å². The number of hydrogen-bond donors (Lipinski definition) is 2. The predicted molar refractivity (Wildman–Crippen MR) is 58.2 cm³/mol. The van der Waals surface area contributed by atoms with E-state index in [0.29, 0.717) is 10.6 Å². The fourth-order valence-electron chi connectivity index (χ4n) is 0.923. The van der Waals surface area contributed by atoms with Crippen LogP contribution in [0.3, 0.4) is 0 Å². The minimum absolute atomic E-state index is 0.148. The summed E-state index contributed by atoms with van der Waals surface area (Å²) in [6, 6.07) is 6.81. The van der Waals surface area contributed by atoms with E-state index >= 15 is 0 Å². The second-order valence-electron chi connectivity index (χ2n) is 3.61. The summed E-state index contributed by atoms with van der Waals surface area (Å²) in [7, 11) is 0. The molecule has 0 spiro atoms. The molecule has 1 aromatic rings. The summed E-state index contributed by atoms with van der Waals surface area (Å²) in [4.78, 5) is 0. The smallest absolute Gasteiger partial charge is 0.122 e. The first kappa shape index (κ1) is 11.1. The number of hydrogen-bond acceptors (Lipinski definition) is 2. The van der Waals surface area contributed by atoms with E-state index in [4.69, 9.17) is 11.6 Å².